The highest BCUT2D eigenvalue weighted by Gasteiger charge is 2.22. The van der Waals surface area contributed by atoms with E-state index in [9.17, 15) is 5.11 Å². The van der Waals surface area contributed by atoms with Crippen LogP contribution >= 0.6 is 0 Å². The number of aromatic hydroxyl groups is 1. The van der Waals surface area contributed by atoms with E-state index >= 15 is 0 Å². The number of benzene rings is 2. The zero-order valence-corrected chi connectivity index (χ0v) is 13.8. The van der Waals surface area contributed by atoms with E-state index in [-0.39, 0.29) is 11.8 Å². The smallest absolute Gasteiger partial charge is 0.124 e. The molecule has 2 aromatic carbocycles. The van der Waals surface area contributed by atoms with Crippen LogP contribution in [0.3, 0.4) is 0 Å². The molecule has 0 saturated carbocycles. The van der Waals surface area contributed by atoms with Crippen LogP contribution in [0, 0.1) is 0 Å². The summed E-state index contributed by atoms with van der Waals surface area (Å²) in [5.41, 5.74) is 1.98. The molecule has 0 amide bonds. The normalized spacial score (nSPS) is 16.5. The molecule has 126 valence electrons. The van der Waals surface area contributed by atoms with Crippen LogP contribution in [0.2, 0.25) is 0 Å². The quantitative estimate of drug-likeness (QED) is 0.802. The fourth-order valence-electron chi connectivity index (χ4n) is 3.04. The summed E-state index contributed by atoms with van der Waals surface area (Å²) in [5, 5.41) is 13.8. The van der Waals surface area contributed by atoms with Crippen molar-refractivity contribution in [2.75, 3.05) is 26.2 Å². The zero-order valence-electron chi connectivity index (χ0n) is 13.8. The highest BCUT2D eigenvalue weighted by molar-refractivity contribution is 5.43. The van der Waals surface area contributed by atoms with E-state index in [1.165, 1.54) is 0 Å². The van der Waals surface area contributed by atoms with E-state index < -0.39 is 0 Å². The molecule has 2 aromatic rings. The fraction of sp³-hybridized carbons (Fsp3) is 0.300. The average molecular weight is 324 g/mol. The van der Waals surface area contributed by atoms with Crippen molar-refractivity contribution in [3.63, 3.8) is 0 Å². The molecule has 1 aliphatic heterocycles. The van der Waals surface area contributed by atoms with Gasteiger partial charge in [-0.25, -0.2) is 0 Å². The number of phenolic OH excluding ortho intramolecular Hbond substituents is 1. The second-order valence-electron chi connectivity index (χ2n) is 5.96. The molecule has 1 atom stereocenters. The molecule has 3 rings (SSSR count). The van der Waals surface area contributed by atoms with Crippen LogP contribution in [0.25, 0.3) is 0 Å². The maximum atomic E-state index is 10.5. The van der Waals surface area contributed by atoms with Crippen molar-refractivity contribution in [3.05, 3.63) is 72.3 Å². The summed E-state index contributed by atoms with van der Waals surface area (Å²) in [6.45, 7) is 8.25. The third kappa shape index (κ3) is 3.96. The molecule has 4 heteroatoms. The van der Waals surface area contributed by atoms with Gasteiger partial charge in [0, 0.05) is 37.8 Å². The molecular weight excluding hydrogens is 300 g/mol. The Morgan fingerprint density at radius 3 is 2.58 bits per heavy atom. The second-order valence-corrected chi connectivity index (χ2v) is 5.96. The molecule has 4 nitrogen and oxygen atoms in total. The van der Waals surface area contributed by atoms with Crippen molar-refractivity contribution in [3.8, 4) is 11.5 Å². The summed E-state index contributed by atoms with van der Waals surface area (Å²) in [5.74, 6) is 0.923. The molecule has 1 fully saturated rings. The van der Waals surface area contributed by atoms with Gasteiger partial charge in [0.25, 0.3) is 0 Å². The minimum absolute atomic E-state index is 0.0234. The van der Waals surface area contributed by atoms with E-state index in [4.69, 9.17) is 4.74 Å². The van der Waals surface area contributed by atoms with E-state index in [1.54, 1.807) is 6.07 Å². The Morgan fingerprint density at radius 1 is 1.17 bits per heavy atom. The van der Waals surface area contributed by atoms with Gasteiger partial charge in [-0.1, -0.05) is 36.4 Å². The predicted octanol–water partition coefficient (Wildman–Crippen LogP) is 3.10. The number of rotatable bonds is 6. The van der Waals surface area contributed by atoms with Crippen LogP contribution < -0.4 is 10.1 Å². The monoisotopic (exact) mass is 324 g/mol. The van der Waals surface area contributed by atoms with E-state index in [1.807, 2.05) is 48.5 Å². The van der Waals surface area contributed by atoms with Crippen LogP contribution in [0.1, 0.15) is 17.2 Å². The Labute approximate surface area is 143 Å². The van der Waals surface area contributed by atoms with Crippen LogP contribution in [-0.4, -0.2) is 36.2 Å². The van der Waals surface area contributed by atoms with Gasteiger partial charge >= 0.3 is 0 Å². The maximum Gasteiger partial charge on any atom is 0.124 e. The van der Waals surface area contributed by atoms with Crippen molar-refractivity contribution in [2.45, 2.75) is 12.6 Å². The topological polar surface area (TPSA) is 44.7 Å². The molecule has 1 saturated heterocycles. The van der Waals surface area contributed by atoms with Crippen molar-refractivity contribution < 1.29 is 9.84 Å². The number of hydrogen-bond donors (Lipinski definition) is 2. The molecule has 0 radical (unpaired) electrons. The Bertz CT molecular complexity index is 667. The first-order chi connectivity index (χ1) is 11.8. The van der Waals surface area contributed by atoms with E-state index in [0.717, 1.165) is 37.3 Å². The minimum Gasteiger partial charge on any atom is -0.507 e. The number of nitrogens with one attached hydrogen (secondary N) is 1. The molecule has 0 bridgehead atoms. The van der Waals surface area contributed by atoms with Gasteiger partial charge in [0.1, 0.15) is 18.1 Å². The SMILES string of the molecule is C=C[C@@H](c1ccc(OCc2ccccc2)cc1O)N1CCNCC1. The summed E-state index contributed by atoms with van der Waals surface area (Å²) in [7, 11) is 0. The molecule has 0 spiro atoms. The third-order valence-corrected chi connectivity index (χ3v) is 4.34. The van der Waals surface area contributed by atoms with Crippen molar-refractivity contribution in [1.29, 1.82) is 0 Å². The first-order valence-electron chi connectivity index (χ1n) is 8.35. The molecule has 0 aromatic heterocycles. The van der Waals surface area contributed by atoms with Crippen LogP contribution in [-0.2, 0) is 6.61 Å². The van der Waals surface area contributed by atoms with Gasteiger partial charge in [-0.05, 0) is 17.7 Å². The third-order valence-electron chi connectivity index (χ3n) is 4.34. The van der Waals surface area contributed by atoms with Gasteiger partial charge in [0.2, 0.25) is 0 Å². The first kappa shape index (κ1) is 16.6. The Hall–Kier alpha value is -2.30. The standard InChI is InChI=1S/C20H24N2O2/c1-2-19(22-12-10-21-11-13-22)18-9-8-17(14-20(18)23)24-15-16-6-4-3-5-7-16/h2-9,14,19,21,23H,1,10-13,15H2/t19-/m0/s1. The molecule has 1 heterocycles. The lowest BCUT2D eigenvalue weighted by Crippen LogP contribution is -2.44. The number of hydrogen-bond acceptors (Lipinski definition) is 4. The van der Waals surface area contributed by atoms with Gasteiger partial charge in [0.05, 0.1) is 6.04 Å². The largest absolute Gasteiger partial charge is 0.507 e. The summed E-state index contributed by atoms with van der Waals surface area (Å²) >= 11 is 0. The van der Waals surface area contributed by atoms with E-state index in [2.05, 4.69) is 16.8 Å². The Kier molecular flexibility index (Phi) is 5.51. The van der Waals surface area contributed by atoms with Gasteiger partial charge in [-0.15, -0.1) is 6.58 Å². The minimum atomic E-state index is 0.0234. The summed E-state index contributed by atoms with van der Waals surface area (Å²) in [6, 6.07) is 15.6. The summed E-state index contributed by atoms with van der Waals surface area (Å²) in [6.07, 6.45) is 1.89. The highest BCUT2D eigenvalue weighted by Crippen LogP contribution is 2.33. The van der Waals surface area contributed by atoms with Crippen LogP contribution in [0.15, 0.2) is 61.2 Å². The fourth-order valence-corrected chi connectivity index (χ4v) is 3.04. The Morgan fingerprint density at radius 2 is 1.92 bits per heavy atom. The Balaban J connectivity index is 1.70. The van der Waals surface area contributed by atoms with Gasteiger partial charge in [0.15, 0.2) is 0 Å². The maximum absolute atomic E-state index is 10.5. The zero-order chi connectivity index (χ0) is 16.8. The molecule has 2 N–H and O–H groups in total. The number of ether oxygens (including phenoxy) is 1. The lowest BCUT2D eigenvalue weighted by molar-refractivity contribution is 0.200. The average Bonchev–Trinajstić information content (AvgIpc) is 2.64. The van der Waals surface area contributed by atoms with Crippen LogP contribution in [0.5, 0.6) is 11.5 Å². The van der Waals surface area contributed by atoms with Gasteiger partial charge < -0.3 is 15.2 Å². The molecule has 0 unspecified atom stereocenters. The number of nitrogens with zero attached hydrogens (tertiary/aromatic N) is 1. The van der Waals surface area contributed by atoms with Crippen molar-refractivity contribution in [1.82, 2.24) is 10.2 Å². The predicted molar refractivity (Wildman–Crippen MR) is 96.3 cm³/mol. The summed E-state index contributed by atoms with van der Waals surface area (Å²) < 4.78 is 5.78. The molecule has 24 heavy (non-hydrogen) atoms. The van der Waals surface area contributed by atoms with Crippen LogP contribution in [0.4, 0.5) is 0 Å². The molecular formula is C20H24N2O2. The number of phenols is 1. The van der Waals surface area contributed by atoms with Crippen molar-refractivity contribution >= 4 is 0 Å². The van der Waals surface area contributed by atoms with E-state index in [0.29, 0.717) is 12.4 Å². The molecule has 0 aliphatic carbocycles. The molecule has 1 aliphatic rings. The second kappa shape index (κ2) is 7.99. The first-order valence-corrected chi connectivity index (χ1v) is 8.35. The lowest BCUT2D eigenvalue weighted by atomic mass is 10.0. The van der Waals surface area contributed by atoms with Crippen molar-refractivity contribution in [2.24, 2.45) is 0 Å². The van der Waals surface area contributed by atoms with Gasteiger partial charge in [-0.2, -0.15) is 0 Å². The highest BCUT2D eigenvalue weighted by atomic mass is 16.5. The van der Waals surface area contributed by atoms with Gasteiger partial charge in [-0.3, -0.25) is 4.90 Å². The summed E-state index contributed by atoms with van der Waals surface area (Å²) in [4.78, 5) is 2.32. The number of piperazine rings is 1. The lowest BCUT2D eigenvalue weighted by Gasteiger charge is -2.33.